The zero-order valence-electron chi connectivity index (χ0n) is 17.1. The van der Waals surface area contributed by atoms with Gasteiger partial charge in [-0.15, -0.1) is 0 Å². The van der Waals surface area contributed by atoms with Crippen LogP contribution in [0.2, 0.25) is 0 Å². The number of carbonyl (C=O) groups excluding carboxylic acids is 3. The van der Waals surface area contributed by atoms with E-state index in [4.69, 9.17) is 4.74 Å². The summed E-state index contributed by atoms with van der Waals surface area (Å²) in [5.41, 5.74) is 0.300. The predicted molar refractivity (Wildman–Crippen MR) is 111 cm³/mol. The summed E-state index contributed by atoms with van der Waals surface area (Å²) in [5.74, 6) is 0.00772. The first-order chi connectivity index (χ1) is 14.9. The molecule has 2 aliphatic heterocycles. The highest BCUT2D eigenvalue weighted by Gasteiger charge is 2.52. The first-order valence-electron chi connectivity index (χ1n) is 9.99. The second-order valence-corrected chi connectivity index (χ2v) is 7.68. The van der Waals surface area contributed by atoms with E-state index in [0.717, 1.165) is 4.90 Å². The summed E-state index contributed by atoms with van der Waals surface area (Å²) in [6, 6.07) is 12.0. The van der Waals surface area contributed by atoms with Crippen LogP contribution in [0.15, 0.2) is 48.5 Å². The molecule has 0 radical (unpaired) electrons. The number of piperidine rings is 1. The van der Waals surface area contributed by atoms with Gasteiger partial charge in [-0.3, -0.25) is 9.69 Å². The maximum absolute atomic E-state index is 13.1. The van der Waals surface area contributed by atoms with E-state index in [2.05, 4.69) is 10.6 Å². The van der Waals surface area contributed by atoms with Gasteiger partial charge >= 0.3 is 12.1 Å². The fourth-order valence-corrected chi connectivity index (χ4v) is 3.90. The third-order valence-electron chi connectivity index (χ3n) is 5.75. The lowest BCUT2D eigenvalue weighted by Crippen LogP contribution is -2.56. The Morgan fingerprint density at radius 1 is 1.10 bits per heavy atom. The minimum absolute atomic E-state index is 0.0777. The molecule has 2 heterocycles. The van der Waals surface area contributed by atoms with Crippen LogP contribution in [-0.2, 0) is 11.3 Å². The topological polar surface area (TPSA) is 91.0 Å². The predicted octanol–water partition coefficient (Wildman–Crippen LogP) is 2.95. The smallest absolute Gasteiger partial charge is 0.325 e. The van der Waals surface area contributed by atoms with E-state index in [1.807, 2.05) is 0 Å². The minimum Gasteiger partial charge on any atom is -0.497 e. The van der Waals surface area contributed by atoms with Gasteiger partial charge in [-0.05, 0) is 54.8 Å². The zero-order chi connectivity index (χ0) is 22.0. The van der Waals surface area contributed by atoms with E-state index in [-0.39, 0.29) is 24.3 Å². The SMILES string of the molecule is COc1ccc(NC(=O)N2CCC3(CC2)NC(=O)N(Cc2ccc(F)cc2)C3=O)cc1. The van der Waals surface area contributed by atoms with Gasteiger partial charge in [0.2, 0.25) is 0 Å². The van der Waals surface area contributed by atoms with Gasteiger partial charge in [-0.1, -0.05) is 12.1 Å². The van der Waals surface area contributed by atoms with Crippen molar-refractivity contribution >= 4 is 23.7 Å². The molecule has 8 nitrogen and oxygen atoms in total. The van der Waals surface area contributed by atoms with E-state index in [1.165, 1.54) is 12.1 Å². The Balaban J connectivity index is 1.36. The maximum Gasteiger partial charge on any atom is 0.325 e. The highest BCUT2D eigenvalue weighted by molar-refractivity contribution is 6.07. The molecule has 2 N–H and O–H groups in total. The number of hydrogen-bond donors (Lipinski definition) is 2. The first-order valence-corrected chi connectivity index (χ1v) is 9.99. The molecule has 4 rings (SSSR count). The Hall–Kier alpha value is -3.62. The molecule has 2 aliphatic rings. The number of rotatable bonds is 4. The molecule has 0 atom stereocenters. The molecule has 0 bridgehead atoms. The second-order valence-electron chi connectivity index (χ2n) is 7.68. The van der Waals surface area contributed by atoms with E-state index in [1.54, 1.807) is 48.4 Å². The Morgan fingerprint density at radius 3 is 2.35 bits per heavy atom. The van der Waals surface area contributed by atoms with Gasteiger partial charge in [-0.25, -0.2) is 14.0 Å². The van der Waals surface area contributed by atoms with Gasteiger partial charge in [0.25, 0.3) is 5.91 Å². The number of methoxy groups -OCH3 is 1. The van der Waals surface area contributed by atoms with E-state index < -0.39 is 11.6 Å². The van der Waals surface area contributed by atoms with E-state index >= 15 is 0 Å². The summed E-state index contributed by atoms with van der Waals surface area (Å²) in [6.45, 7) is 0.741. The number of nitrogens with zero attached hydrogens (tertiary/aromatic N) is 2. The number of carbonyl (C=O) groups is 3. The molecule has 9 heteroatoms. The van der Waals surface area contributed by atoms with Gasteiger partial charge in [0, 0.05) is 18.8 Å². The number of urea groups is 2. The summed E-state index contributed by atoms with van der Waals surface area (Å²) in [7, 11) is 1.57. The van der Waals surface area contributed by atoms with E-state index in [0.29, 0.717) is 42.9 Å². The highest BCUT2D eigenvalue weighted by atomic mass is 19.1. The van der Waals surface area contributed by atoms with Crippen LogP contribution in [0, 0.1) is 5.82 Å². The van der Waals surface area contributed by atoms with Crippen LogP contribution in [-0.4, -0.2) is 53.5 Å². The molecule has 2 aromatic carbocycles. The summed E-state index contributed by atoms with van der Waals surface area (Å²) in [4.78, 5) is 40.8. The third-order valence-corrected chi connectivity index (χ3v) is 5.75. The van der Waals surface area contributed by atoms with Gasteiger partial charge in [0.15, 0.2) is 0 Å². The van der Waals surface area contributed by atoms with Crippen LogP contribution in [0.25, 0.3) is 0 Å². The largest absolute Gasteiger partial charge is 0.497 e. The quantitative estimate of drug-likeness (QED) is 0.736. The lowest BCUT2D eigenvalue weighted by molar-refractivity contribution is -0.133. The molecule has 2 fully saturated rings. The average molecular weight is 426 g/mol. The molecular formula is C22H23FN4O4. The van der Waals surface area contributed by atoms with E-state index in [9.17, 15) is 18.8 Å². The molecule has 2 aromatic rings. The van der Waals surface area contributed by atoms with Crippen LogP contribution in [0.5, 0.6) is 5.75 Å². The average Bonchev–Trinajstić information content (AvgIpc) is 3.00. The maximum atomic E-state index is 13.1. The van der Waals surface area contributed by atoms with Crippen molar-refractivity contribution in [3.8, 4) is 5.75 Å². The monoisotopic (exact) mass is 426 g/mol. The van der Waals surface area contributed by atoms with Crippen LogP contribution in [0.4, 0.5) is 19.7 Å². The second kappa shape index (κ2) is 8.25. The van der Waals surface area contributed by atoms with Gasteiger partial charge in [-0.2, -0.15) is 0 Å². The Bertz CT molecular complexity index is 986. The van der Waals surface area contributed by atoms with Crippen molar-refractivity contribution in [2.75, 3.05) is 25.5 Å². The van der Waals surface area contributed by atoms with Gasteiger partial charge < -0.3 is 20.3 Å². The lowest BCUT2D eigenvalue weighted by atomic mass is 9.87. The standard InChI is InChI=1S/C22H23FN4O4/c1-31-18-8-6-17(7-9-18)24-20(29)26-12-10-22(11-13-26)19(28)27(21(30)25-22)14-15-2-4-16(23)5-3-15/h2-9H,10-14H2,1H3,(H,24,29)(H,25,30). The van der Waals surface area contributed by atoms with Crippen LogP contribution < -0.4 is 15.4 Å². The molecular weight excluding hydrogens is 403 g/mol. The number of benzene rings is 2. The van der Waals surface area contributed by atoms with Crippen molar-refractivity contribution in [2.24, 2.45) is 0 Å². The van der Waals surface area contributed by atoms with Crippen LogP contribution in [0.3, 0.4) is 0 Å². The molecule has 31 heavy (non-hydrogen) atoms. The molecule has 0 unspecified atom stereocenters. The highest BCUT2D eigenvalue weighted by Crippen LogP contribution is 2.30. The van der Waals surface area contributed by atoms with Crippen molar-refractivity contribution in [1.29, 1.82) is 0 Å². The fraction of sp³-hybridized carbons (Fsp3) is 0.318. The van der Waals surface area contributed by atoms with Gasteiger partial charge in [0.1, 0.15) is 17.1 Å². The zero-order valence-corrected chi connectivity index (χ0v) is 17.1. The molecule has 162 valence electrons. The van der Waals surface area contributed by atoms with Crippen molar-refractivity contribution in [3.05, 3.63) is 59.9 Å². The lowest BCUT2D eigenvalue weighted by Gasteiger charge is -2.37. The summed E-state index contributed by atoms with van der Waals surface area (Å²) >= 11 is 0. The van der Waals surface area contributed by atoms with Crippen molar-refractivity contribution in [3.63, 3.8) is 0 Å². The number of halogens is 1. The molecule has 1 spiro atoms. The Labute approximate surface area is 179 Å². The fourth-order valence-electron chi connectivity index (χ4n) is 3.90. The summed E-state index contributed by atoms with van der Waals surface area (Å²) in [6.07, 6.45) is 0.654. The normalized spacial score (nSPS) is 17.6. The van der Waals surface area contributed by atoms with Crippen molar-refractivity contribution in [2.45, 2.75) is 24.9 Å². The van der Waals surface area contributed by atoms with Gasteiger partial charge in [0.05, 0.1) is 13.7 Å². The molecule has 5 amide bonds. The summed E-state index contributed by atoms with van der Waals surface area (Å²) < 4.78 is 18.2. The molecule has 2 saturated heterocycles. The Morgan fingerprint density at radius 2 is 1.74 bits per heavy atom. The number of anilines is 1. The van der Waals surface area contributed by atoms with Crippen molar-refractivity contribution in [1.82, 2.24) is 15.1 Å². The van der Waals surface area contributed by atoms with Crippen LogP contribution in [0.1, 0.15) is 18.4 Å². The summed E-state index contributed by atoms with van der Waals surface area (Å²) in [5, 5.41) is 5.64. The molecule has 0 saturated carbocycles. The number of ether oxygens (including phenoxy) is 1. The Kier molecular flexibility index (Phi) is 5.50. The molecule has 0 aromatic heterocycles. The first kappa shape index (κ1) is 20.6. The number of amides is 5. The molecule has 0 aliphatic carbocycles. The number of hydrogen-bond acceptors (Lipinski definition) is 4. The van der Waals surface area contributed by atoms with Crippen LogP contribution >= 0.6 is 0 Å². The van der Waals surface area contributed by atoms with Crippen molar-refractivity contribution < 1.29 is 23.5 Å². The number of nitrogens with one attached hydrogen (secondary N) is 2. The minimum atomic E-state index is -1.01. The third kappa shape index (κ3) is 4.16. The number of imide groups is 1. The number of likely N-dealkylation sites (tertiary alicyclic amines) is 1.